The van der Waals surface area contributed by atoms with E-state index >= 15 is 0 Å². The standard InChI is InChI=1S/C13H19N3O4/c1-13(2,3)20-12(19)16-6-10-8(14-7-15(10)4)5-9(16)11(17)18/h7,9H,5-6H2,1-4H3,(H,17,18)/t9-/m0/s1. The number of carbonyl (C=O) groups excluding carboxylic acids is 1. The van der Waals surface area contributed by atoms with Gasteiger partial charge in [0.25, 0.3) is 0 Å². The van der Waals surface area contributed by atoms with Gasteiger partial charge in [-0.15, -0.1) is 0 Å². The fourth-order valence-corrected chi connectivity index (χ4v) is 2.18. The smallest absolute Gasteiger partial charge is 0.411 e. The van der Waals surface area contributed by atoms with Crippen LogP contribution in [0.5, 0.6) is 0 Å². The van der Waals surface area contributed by atoms with Gasteiger partial charge in [0.1, 0.15) is 11.6 Å². The fraction of sp³-hybridized carbons (Fsp3) is 0.615. The summed E-state index contributed by atoms with van der Waals surface area (Å²) in [6, 6.07) is -0.938. The summed E-state index contributed by atoms with van der Waals surface area (Å²) in [5, 5.41) is 9.30. The van der Waals surface area contributed by atoms with Crippen LogP contribution in [-0.4, -0.2) is 43.3 Å². The van der Waals surface area contributed by atoms with Crippen LogP contribution in [0.3, 0.4) is 0 Å². The van der Waals surface area contributed by atoms with Gasteiger partial charge in [-0.25, -0.2) is 14.6 Å². The number of aliphatic carboxylic acids is 1. The summed E-state index contributed by atoms with van der Waals surface area (Å²) in [5.74, 6) is -1.05. The van der Waals surface area contributed by atoms with E-state index in [1.807, 2.05) is 7.05 Å². The first-order valence-corrected chi connectivity index (χ1v) is 6.40. The van der Waals surface area contributed by atoms with Crippen molar-refractivity contribution in [2.24, 2.45) is 7.05 Å². The van der Waals surface area contributed by atoms with Crippen LogP contribution in [-0.2, 0) is 29.5 Å². The molecule has 1 atom stereocenters. The largest absolute Gasteiger partial charge is 0.480 e. The number of aromatic nitrogens is 2. The molecule has 20 heavy (non-hydrogen) atoms. The normalized spacial score (nSPS) is 18.6. The molecule has 1 aliphatic heterocycles. The molecule has 110 valence electrons. The monoisotopic (exact) mass is 281 g/mol. The number of carboxylic acids is 1. The first-order valence-electron chi connectivity index (χ1n) is 6.40. The van der Waals surface area contributed by atoms with Crippen molar-refractivity contribution in [3.63, 3.8) is 0 Å². The summed E-state index contributed by atoms with van der Waals surface area (Å²) < 4.78 is 7.08. The molecule has 0 aliphatic carbocycles. The zero-order valence-corrected chi connectivity index (χ0v) is 12.1. The molecule has 7 heteroatoms. The van der Waals surface area contributed by atoms with Crippen molar-refractivity contribution in [1.82, 2.24) is 14.5 Å². The van der Waals surface area contributed by atoms with Crippen LogP contribution in [0.4, 0.5) is 4.79 Å². The number of hydrogen-bond donors (Lipinski definition) is 1. The number of aryl methyl sites for hydroxylation is 1. The highest BCUT2D eigenvalue weighted by Gasteiger charge is 2.38. The van der Waals surface area contributed by atoms with E-state index in [0.717, 1.165) is 11.4 Å². The second-order valence-electron chi connectivity index (χ2n) is 5.92. The Morgan fingerprint density at radius 1 is 1.45 bits per heavy atom. The van der Waals surface area contributed by atoms with E-state index in [1.165, 1.54) is 4.90 Å². The van der Waals surface area contributed by atoms with E-state index < -0.39 is 23.7 Å². The number of nitrogens with zero attached hydrogens (tertiary/aromatic N) is 3. The van der Waals surface area contributed by atoms with E-state index in [-0.39, 0.29) is 13.0 Å². The van der Waals surface area contributed by atoms with E-state index in [0.29, 0.717) is 0 Å². The SMILES string of the molecule is Cn1cnc2c1CN(C(=O)OC(C)(C)C)[C@H](C(=O)O)C2. The predicted molar refractivity (Wildman–Crippen MR) is 70.1 cm³/mol. The molecule has 0 aromatic carbocycles. The Bertz CT molecular complexity index is 544. The highest BCUT2D eigenvalue weighted by atomic mass is 16.6. The van der Waals surface area contributed by atoms with Crippen LogP contribution in [0, 0.1) is 0 Å². The van der Waals surface area contributed by atoms with Crippen molar-refractivity contribution in [1.29, 1.82) is 0 Å². The third-order valence-corrected chi connectivity index (χ3v) is 3.14. The second kappa shape index (κ2) is 4.81. The number of carboxylic acid groups (broad SMARTS) is 1. The molecule has 2 heterocycles. The molecular weight excluding hydrogens is 262 g/mol. The minimum atomic E-state index is -1.05. The zero-order valence-electron chi connectivity index (χ0n) is 12.1. The lowest BCUT2D eigenvalue weighted by Gasteiger charge is -2.34. The van der Waals surface area contributed by atoms with E-state index in [1.54, 1.807) is 31.7 Å². The average Bonchev–Trinajstić information content (AvgIpc) is 2.67. The molecule has 0 saturated carbocycles. The average molecular weight is 281 g/mol. The summed E-state index contributed by atoms with van der Waals surface area (Å²) >= 11 is 0. The van der Waals surface area contributed by atoms with Gasteiger partial charge < -0.3 is 14.4 Å². The Hall–Kier alpha value is -2.05. The summed E-state index contributed by atoms with van der Waals surface area (Å²) in [6.45, 7) is 5.44. The van der Waals surface area contributed by atoms with Crippen molar-refractivity contribution in [2.75, 3.05) is 0 Å². The number of imidazole rings is 1. The van der Waals surface area contributed by atoms with Crippen LogP contribution in [0.1, 0.15) is 32.2 Å². The molecule has 1 N–H and O–H groups in total. The molecule has 1 aliphatic rings. The molecule has 0 saturated heterocycles. The number of ether oxygens (including phenoxy) is 1. The molecule has 0 spiro atoms. The number of rotatable bonds is 1. The zero-order chi connectivity index (χ0) is 15.1. The van der Waals surface area contributed by atoms with Crippen LogP contribution in [0.15, 0.2) is 6.33 Å². The number of fused-ring (bicyclic) bond motifs is 1. The van der Waals surface area contributed by atoms with Crippen molar-refractivity contribution in [3.05, 3.63) is 17.7 Å². The number of hydrogen-bond acceptors (Lipinski definition) is 4. The van der Waals surface area contributed by atoms with Gasteiger partial charge in [0, 0.05) is 13.5 Å². The molecule has 1 aromatic rings. The third-order valence-electron chi connectivity index (χ3n) is 3.14. The Kier molecular flexibility index (Phi) is 3.45. The van der Waals surface area contributed by atoms with Crippen LogP contribution in [0.25, 0.3) is 0 Å². The number of carbonyl (C=O) groups is 2. The van der Waals surface area contributed by atoms with Gasteiger partial charge in [0.05, 0.1) is 24.3 Å². The third kappa shape index (κ3) is 2.76. The van der Waals surface area contributed by atoms with Crippen molar-refractivity contribution < 1.29 is 19.4 Å². The van der Waals surface area contributed by atoms with Gasteiger partial charge in [0.15, 0.2) is 0 Å². The first-order chi connectivity index (χ1) is 9.19. The van der Waals surface area contributed by atoms with Crippen LogP contribution in [0.2, 0.25) is 0 Å². The van der Waals surface area contributed by atoms with Crippen molar-refractivity contribution >= 4 is 12.1 Å². The minimum absolute atomic E-state index is 0.192. The molecule has 1 aromatic heterocycles. The van der Waals surface area contributed by atoms with Gasteiger partial charge in [-0.1, -0.05) is 0 Å². The lowest BCUT2D eigenvalue weighted by atomic mass is 10.0. The first kappa shape index (κ1) is 14.4. The van der Waals surface area contributed by atoms with Gasteiger partial charge in [-0.05, 0) is 20.8 Å². The van der Waals surface area contributed by atoms with E-state index in [9.17, 15) is 14.7 Å². The van der Waals surface area contributed by atoms with Crippen LogP contribution >= 0.6 is 0 Å². The maximum atomic E-state index is 12.2. The van der Waals surface area contributed by atoms with Gasteiger partial charge in [0.2, 0.25) is 0 Å². The highest BCUT2D eigenvalue weighted by molar-refractivity contribution is 5.81. The molecule has 1 amide bonds. The van der Waals surface area contributed by atoms with E-state index in [2.05, 4.69) is 4.98 Å². The minimum Gasteiger partial charge on any atom is -0.480 e. The summed E-state index contributed by atoms with van der Waals surface area (Å²) in [5.41, 5.74) is 0.903. The van der Waals surface area contributed by atoms with Crippen molar-refractivity contribution in [3.8, 4) is 0 Å². The molecule has 2 rings (SSSR count). The Morgan fingerprint density at radius 3 is 2.65 bits per heavy atom. The maximum Gasteiger partial charge on any atom is 0.411 e. The topological polar surface area (TPSA) is 84.7 Å². The predicted octanol–water partition coefficient (Wildman–Crippen LogP) is 1.17. The molecular formula is C13H19N3O4. The van der Waals surface area contributed by atoms with Crippen molar-refractivity contribution in [2.45, 2.75) is 45.4 Å². The second-order valence-corrected chi connectivity index (χ2v) is 5.92. The summed E-state index contributed by atoms with van der Waals surface area (Å²) in [4.78, 5) is 29.0. The number of amides is 1. The molecule has 0 bridgehead atoms. The molecule has 0 fully saturated rings. The summed E-state index contributed by atoms with van der Waals surface area (Å²) in [7, 11) is 1.82. The van der Waals surface area contributed by atoms with Gasteiger partial charge in [-0.3, -0.25) is 4.90 Å². The molecule has 0 unspecified atom stereocenters. The summed E-state index contributed by atoms with van der Waals surface area (Å²) in [6.07, 6.45) is 1.21. The lowest BCUT2D eigenvalue weighted by Crippen LogP contribution is -2.50. The van der Waals surface area contributed by atoms with Crippen LogP contribution < -0.4 is 0 Å². The van der Waals surface area contributed by atoms with Gasteiger partial charge >= 0.3 is 12.1 Å². The van der Waals surface area contributed by atoms with E-state index in [4.69, 9.17) is 4.74 Å². The highest BCUT2D eigenvalue weighted by Crippen LogP contribution is 2.24. The quantitative estimate of drug-likeness (QED) is 0.835. The Balaban J connectivity index is 2.28. The maximum absolute atomic E-state index is 12.2. The van der Waals surface area contributed by atoms with Gasteiger partial charge in [-0.2, -0.15) is 0 Å². The Labute approximate surface area is 117 Å². The molecule has 7 nitrogen and oxygen atoms in total. The fourth-order valence-electron chi connectivity index (χ4n) is 2.18. The Morgan fingerprint density at radius 2 is 2.10 bits per heavy atom. The lowest BCUT2D eigenvalue weighted by molar-refractivity contribution is -0.143. The molecule has 0 radical (unpaired) electrons.